The fourth-order valence-electron chi connectivity index (χ4n) is 1.58. The summed E-state index contributed by atoms with van der Waals surface area (Å²) in [5, 5.41) is 7.46. The maximum Gasteiger partial charge on any atom is 0.141 e. The fraction of sp³-hybridized carbons (Fsp3) is 0.250. The van der Waals surface area contributed by atoms with Gasteiger partial charge in [-0.3, -0.25) is 4.68 Å². The highest BCUT2D eigenvalue weighted by Crippen LogP contribution is 2.23. The summed E-state index contributed by atoms with van der Waals surface area (Å²) < 4.78 is 14.7. The third kappa shape index (κ3) is 2.77. The molecule has 0 aliphatic rings. The second-order valence-corrected chi connectivity index (χ2v) is 4.35. The van der Waals surface area contributed by atoms with Crippen molar-refractivity contribution in [2.24, 2.45) is 7.05 Å². The molecule has 0 spiro atoms. The SMILES string of the molecule is CC(Nc1ccc(F)c(Cl)c1)c1cnn(C)c1. The molecule has 0 radical (unpaired) electrons. The largest absolute Gasteiger partial charge is 0.378 e. The molecule has 0 saturated carbocycles. The number of nitrogens with zero attached hydrogens (tertiary/aromatic N) is 2. The Morgan fingerprint density at radius 2 is 2.24 bits per heavy atom. The van der Waals surface area contributed by atoms with Crippen LogP contribution in [-0.4, -0.2) is 9.78 Å². The van der Waals surface area contributed by atoms with Gasteiger partial charge in [0.05, 0.1) is 17.3 Å². The van der Waals surface area contributed by atoms with Crippen molar-refractivity contribution in [3.05, 3.63) is 47.0 Å². The van der Waals surface area contributed by atoms with Crippen molar-refractivity contribution in [2.75, 3.05) is 5.32 Å². The average molecular weight is 254 g/mol. The number of rotatable bonds is 3. The summed E-state index contributed by atoms with van der Waals surface area (Å²) in [6, 6.07) is 4.67. The molecule has 3 nitrogen and oxygen atoms in total. The van der Waals surface area contributed by atoms with Gasteiger partial charge >= 0.3 is 0 Å². The highest BCUT2D eigenvalue weighted by molar-refractivity contribution is 6.31. The van der Waals surface area contributed by atoms with Crippen LogP contribution in [-0.2, 0) is 7.05 Å². The van der Waals surface area contributed by atoms with E-state index in [0.29, 0.717) is 0 Å². The zero-order valence-electron chi connectivity index (χ0n) is 9.61. The van der Waals surface area contributed by atoms with Gasteiger partial charge in [0.2, 0.25) is 0 Å². The van der Waals surface area contributed by atoms with Gasteiger partial charge < -0.3 is 5.32 Å². The number of nitrogens with one attached hydrogen (secondary N) is 1. The van der Waals surface area contributed by atoms with Crippen LogP contribution in [0, 0.1) is 5.82 Å². The Morgan fingerprint density at radius 1 is 1.47 bits per heavy atom. The molecular weight excluding hydrogens is 241 g/mol. The average Bonchev–Trinajstić information content (AvgIpc) is 2.70. The number of halogens is 2. The fourth-order valence-corrected chi connectivity index (χ4v) is 1.76. The van der Waals surface area contributed by atoms with E-state index in [1.165, 1.54) is 6.07 Å². The summed E-state index contributed by atoms with van der Waals surface area (Å²) in [4.78, 5) is 0. The van der Waals surface area contributed by atoms with E-state index in [9.17, 15) is 4.39 Å². The molecule has 2 rings (SSSR count). The predicted octanol–water partition coefficient (Wildman–Crippen LogP) is 3.39. The molecule has 17 heavy (non-hydrogen) atoms. The van der Waals surface area contributed by atoms with Gasteiger partial charge in [-0.05, 0) is 25.1 Å². The van der Waals surface area contributed by atoms with Gasteiger partial charge in [-0.25, -0.2) is 4.39 Å². The minimum Gasteiger partial charge on any atom is -0.378 e. The van der Waals surface area contributed by atoms with Gasteiger partial charge in [0.25, 0.3) is 0 Å². The Balaban J connectivity index is 2.12. The smallest absolute Gasteiger partial charge is 0.141 e. The molecule has 1 heterocycles. The lowest BCUT2D eigenvalue weighted by molar-refractivity contribution is 0.628. The molecule has 1 aromatic carbocycles. The van der Waals surface area contributed by atoms with Crippen molar-refractivity contribution in [3.63, 3.8) is 0 Å². The molecule has 5 heteroatoms. The number of aromatic nitrogens is 2. The van der Waals surface area contributed by atoms with Crippen LogP contribution in [0.2, 0.25) is 5.02 Å². The molecule has 0 amide bonds. The first kappa shape index (κ1) is 11.9. The summed E-state index contributed by atoms with van der Waals surface area (Å²) in [6.45, 7) is 2.01. The van der Waals surface area contributed by atoms with Crippen LogP contribution >= 0.6 is 11.6 Å². The number of hydrogen-bond acceptors (Lipinski definition) is 2. The van der Waals surface area contributed by atoms with Gasteiger partial charge in [-0.2, -0.15) is 5.10 Å². The van der Waals surface area contributed by atoms with Crippen molar-refractivity contribution in [1.82, 2.24) is 9.78 Å². The van der Waals surface area contributed by atoms with E-state index >= 15 is 0 Å². The van der Waals surface area contributed by atoms with Crippen LogP contribution in [0.3, 0.4) is 0 Å². The van der Waals surface area contributed by atoms with Crippen LogP contribution < -0.4 is 5.32 Å². The molecular formula is C12H13ClFN3. The molecule has 0 aliphatic carbocycles. The van der Waals surface area contributed by atoms with Crippen LogP contribution in [0.15, 0.2) is 30.6 Å². The Bertz CT molecular complexity index is 524. The van der Waals surface area contributed by atoms with Crippen molar-refractivity contribution < 1.29 is 4.39 Å². The number of hydrogen-bond donors (Lipinski definition) is 1. The molecule has 2 aromatic rings. The molecule has 0 saturated heterocycles. The summed E-state index contributed by atoms with van der Waals surface area (Å²) in [5.74, 6) is -0.411. The monoisotopic (exact) mass is 253 g/mol. The first-order chi connectivity index (χ1) is 8.06. The van der Waals surface area contributed by atoms with E-state index in [0.717, 1.165) is 11.3 Å². The second kappa shape index (κ2) is 4.75. The van der Waals surface area contributed by atoms with Crippen molar-refractivity contribution in [1.29, 1.82) is 0 Å². The summed E-state index contributed by atoms with van der Waals surface area (Å²) in [6.07, 6.45) is 3.73. The molecule has 1 aromatic heterocycles. The molecule has 1 N–H and O–H groups in total. The third-order valence-electron chi connectivity index (χ3n) is 2.53. The molecule has 0 aliphatic heterocycles. The lowest BCUT2D eigenvalue weighted by Gasteiger charge is -2.13. The zero-order valence-corrected chi connectivity index (χ0v) is 10.4. The van der Waals surface area contributed by atoms with Crippen molar-refractivity contribution >= 4 is 17.3 Å². The molecule has 1 unspecified atom stereocenters. The van der Waals surface area contributed by atoms with Crippen molar-refractivity contribution in [3.8, 4) is 0 Å². The minimum absolute atomic E-state index is 0.0882. The maximum absolute atomic E-state index is 13.0. The number of aryl methyl sites for hydroxylation is 1. The predicted molar refractivity (Wildman–Crippen MR) is 66.7 cm³/mol. The quantitative estimate of drug-likeness (QED) is 0.909. The van der Waals surface area contributed by atoms with Gasteiger partial charge in [-0.15, -0.1) is 0 Å². The third-order valence-corrected chi connectivity index (χ3v) is 2.82. The van der Waals surface area contributed by atoms with Crippen LogP contribution in [0.4, 0.5) is 10.1 Å². The van der Waals surface area contributed by atoms with Gasteiger partial charge in [0.15, 0.2) is 0 Å². The van der Waals surface area contributed by atoms with E-state index in [4.69, 9.17) is 11.6 Å². The van der Waals surface area contributed by atoms with Gasteiger partial charge in [-0.1, -0.05) is 11.6 Å². The van der Waals surface area contributed by atoms with E-state index in [-0.39, 0.29) is 11.1 Å². The molecule has 1 atom stereocenters. The maximum atomic E-state index is 13.0. The molecule has 90 valence electrons. The normalized spacial score (nSPS) is 12.5. The van der Waals surface area contributed by atoms with Gasteiger partial charge in [0, 0.05) is 24.5 Å². The topological polar surface area (TPSA) is 29.9 Å². The van der Waals surface area contributed by atoms with Crippen LogP contribution in [0.5, 0.6) is 0 Å². The summed E-state index contributed by atoms with van der Waals surface area (Å²) >= 11 is 5.72. The lowest BCUT2D eigenvalue weighted by Crippen LogP contribution is -2.05. The molecule has 0 bridgehead atoms. The summed E-state index contributed by atoms with van der Waals surface area (Å²) in [5.41, 5.74) is 1.85. The highest BCUT2D eigenvalue weighted by atomic mass is 35.5. The van der Waals surface area contributed by atoms with Crippen LogP contribution in [0.1, 0.15) is 18.5 Å². The van der Waals surface area contributed by atoms with Crippen LogP contribution in [0.25, 0.3) is 0 Å². The van der Waals surface area contributed by atoms with E-state index in [2.05, 4.69) is 10.4 Å². The Hall–Kier alpha value is -1.55. The Morgan fingerprint density at radius 3 is 2.82 bits per heavy atom. The van der Waals surface area contributed by atoms with Gasteiger partial charge in [0.1, 0.15) is 5.82 Å². The first-order valence-electron chi connectivity index (χ1n) is 5.26. The number of benzene rings is 1. The lowest BCUT2D eigenvalue weighted by atomic mass is 10.2. The van der Waals surface area contributed by atoms with E-state index in [1.807, 2.05) is 20.2 Å². The zero-order chi connectivity index (χ0) is 12.4. The van der Waals surface area contributed by atoms with E-state index in [1.54, 1.807) is 23.0 Å². The van der Waals surface area contributed by atoms with Crippen molar-refractivity contribution in [2.45, 2.75) is 13.0 Å². The Labute approximate surface area is 104 Å². The standard InChI is InChI=1S/C12H13ClFN3/c1-8(9-6-15-17(2)7-9)16-10-3-4-12(14)11(13)5-10/h3-8,16H,1-2H3. The number of anilines is 1. The first-order valence-corrected chi connectivity index (χ1v) is 5.64. The van der Waals surface area contributed by atoms with E-state index < -0.39 is 5.82 Å². The molecule has 0 fully saturated rings. The minimum atomic E-state index is -0.411. The Kier molecular flexibility index (Phi) is 3.33. The second-order valence-electron chi connectivity index (χ2n) is 3.94. The summed E-state index contributed by atoms with van der Waals surface area (Å²) in [7, 11) is 1.87. The highest BCUT2D eigenvalue weighted by Gasteiger charge is 2.08.